The molecule has 2 aromatic heterocycles. The van der Waals surface area contributed by atoms with Crippen molar-refractivity contribution in [3.63, 3.8) is 0 Å². The monoisotopic (exact) mass is 606 g/mol. The lowest BCUT2D eigenvalue weighted by Gasteiger charge is -2.26. The van der Waals surface area contributed by atoms with Gasteiger partial charge in [-0.3, -0.25) is 20.2 Å². The van der Waals surface area contributed by atoms with Crippen molar-refractivity contribution in [1.82, 2.24) is 9.97 Å². The number of nitro benzene ring substituents is 2. The number of carbonyl (C=O) groups is 2. The minimum absolute atomic E-state index is 0.0306. The van der Waals surface area contributed by atoms with Crippen LogP contribution in [0.15, 0.2) is 55.7 Å². The number of ether oxygens (including phenoxy) is 2. The Morgan fingerprint density at radius 2 is 1.62 bits per heavy atom. The number of aliphatic hydroxyl groups excluding tert-OH is 1. The lowest BCUT2D eigenvalue weighted by atomic mass is 10.1. The second-order valence-electron chi connectivity index (χ2n) is 7.78. The summed E-state index contributed by atoms with van der Waals surface area (Å²) in [7, 11) is 0. The number of hydrogen-bond donors (Lipinski definition) is 1. The summed E-state index contributed by atoms with van der Waals surface area (Å²) in [4.78, 5) is 55.6. The van der Waals surface area contributed by atoms with E-state index in [9.17, 15) is 34.9 Å². The summed E-state index contributed by atoms with van der Waals surface area (Å²) in [6.45, 7) is 1.55. The molecule has 4 aromatic rings. The third-order valence-corrected chi connectivity index (χ3v) is 9.97. The van der Waals surface area contributed by atoms with Gasteiger partial charge < -0.3 is 14.6 Å². The summed E-state index contributed by atoms with van der Waals surface area (Å²) in [6.07, 6.45) is 0. The summed E-state index contributed by atoms with van der Waals surface area (Å²) in [5.74, 6) is -3.03. The molecule has 1 aliphatic heterocycles. The van der Waals surface area contributed by atoms with Gasteiger partial charge in [0.05, 0.1) is 47.5 Å². The Morgan fingerprint density at radius 3 is 2.18 bits per heavy atom. The molecule has 1 unspecified atom stereocenters. The molecule has 0 radical (unpaired) electrons. The maximum Gasteiger partial charge on any atom is 0.375 e. The minimum atomic E-state index is -2.03. The predicted molar refractivity (Wildman–Crippen MR) is 144 cm³/mol. The van der Waals surface area contributed by atoms with Gasteiger partial charge in [0, 0.05) is 24.3 Å². The normalized spacial score (nSPS) is 17.1. The average molecular weight is 607 g/mol. The average Bonchev–Trinajstić information content (AvgIpc) is 3.57. The van der Waals surface area contributed by atoms with Crippen LogP contribution in [0, 0.1) is 20.2 Å². The highest BCUT2D eigenvalue weighted by atomic mass is 32.2. The number of carbonyl (C=O) groups excluding carboxylic acids is 2. The van der Waals surface area contributed by atoms with Crippen molar-refractivity contribution in [2.75, 3.05) is 12.4 Å². The molecule has 200 valence electrons. The van der Waals surface area contributed by atoms with Gasteiger partial charge in [0.1, 0.15) is 0 Å². The Morgan fingerprint density at radius 1 is 1.05 bits per heavy atom. The van der Waals surface area contributed by atoms with Crippen LogP contribution in [0.25, 0.3) is 20.4 Å². The number of nitro groups is 2. The van der Waals surface area contributed by atoms with Gasteiger partial charge in [-0.05, 0) is 19.1 Å². The quantitative estimate of drug-likeness (QED) is 0.113. The molecule has 0 saturated heterocycles. The van der Waals surface area contributed by atoms with Crippen LogP contribution < -0.4 is 0 Å². The number of cyclic esters (lactones) is 1. The number of aliphatic hydroxyl groups is 1. The number of benzene rings is 2. The zero-order valence-corrected chi connectivity index (χ0v) is 22.8. The van der Waals surface area contributed by atoms with Crippen molar-refractivity contribution < 1.29 is 34.0 Å². The van der Waals surface area contributed by atoms with Crippen molar-refractivity contribution in [1.29, 1.82) is 0 Å². The zero-order chi connectivity index (χ0) is 27.9. The highest BCUT2D eigenvalue weighted by molar-refractivity contribution is 8.05. The van der Waals surface area contributed by atoms with Crippen molar-refractivity contribution in [3.05, 3.63) is 67.3 Å². The van der Waals surface area contributed by atoms with E-state index in [1.54, 1.807) is 6.92 Å². The second-order valence-corrected chi connectivity index (χ2v) is 12.3. The first-order valence-electron chi connectivity index (χ1n) is 10.9. The van der Waals surface area contributed by atoms with Crippen LogP contribution in [0.3, 0.4) is 0 Å². The van der Waals surface area contributed by atoms with Crippen LogP contribution in [0.2, 0.25) is 0 Å². The van der Waals surface area contributed by atoms with Gasteiger partial charge in [-0.2, -0.15) is 0 Å². The number of non-ortho nitro benzene ring substituents is 2. The first-order chi connectivity index (χ1) is 18.6. The van der Waals surface area contributed by atoms with Crippen LogP contribution in [0.4, 0.5) is 11.4 Å². The van der Waals surface area contributed by atoms with E-state index in [1.807, 2.05) is 0 Å². The minimum Gasteiger partial charge on any atom is -0.501 e. The van der Waals surface area contributed by atoms with Gasteiger partial charge in [0.15, 0.2) is 8.68 Å². The number of fused-ring (bicyclic) bond motifs is 2. The summed E-state index contributed by atoms with van der Waals surface area (Å²) < 4.78 is 12.4. The fourth-order valence-electron chi connectivity index (χ4n) is 3.57. The van der Waals surface area contributed by atoms with Crippen LogP contribution >= 0.6 is 46.2 Å². The standard InChI is InChI=1S/C22H14N4O9S4/c1-2-34-19(29)22(9-36-20-23-12-5-3-10(25(30)31)7-14(12)37-20)17(16(27)18(28)35-22)39-21-24-13-6-4-11(26(32)33)8-15(13)38-21/h3-8,27H,2,9H2,1H3. The number of thiazole rings is 2. The van der Waals surface area contributed by atoms with Crippen molar-refractivity contribution in [3.8, 4) is 0 Å². The number of nitrogens with zero attached hydrogens (tertiary/aromatic N) is 4. The van der Waals surface area contributed by atoms with E-state index < -0.39 is 33.1 Å². The topological polar surface area (TPSA) is 185 Å². The molecule has 1 atom stereocenters. The molecule has 17 heteroatoms. The highest BCUT2D eigenvalue weighted by Crippen LogP contribution is 2.48. The van der Waals surface area contributed by atoms with Crippen LogP contribution in [0.5, 0.6) is 0 Å². The maximum absolute atomic E-state index is 13.2. The van der Waals surface area contributed by atoms with E-state index >= 15 is 0 Å². The van der Waals surface area contributed by atoms with E-state index in [0.717, 1.165) is 46.2 Å². The van der Waals surface area contributed by atoms with Gasteiger partial charge in [0.2, 0.25) is 5.76 Å². The van der Waals surface area contributed by atoms with Crippen molar-refractivity contribution in [2.45, 2.75) is 21.2 Å². The van der Waals surface area contributed by atoms with E-state index in [0.29, 0.717) is 29.1 Å². The van der Waals surface area contributed by atoms with Gasteiger partial charge in [-0.15, -0.1) is 22.7 Å². The highest BCUT2D eigenvalue weighted by Gasteiger charge is 2.56. The maximum atomic E-state index is 13.2. The summed E-state index contributed by atoms with van der Waals surface area (Å²) in [5.41, 5.74) is -1.28. The molecule has 1 N–H and O–H groups in total. The molecule has 1 aliphatic rings. The van der Waals surface area contributed by atoms with Crippen molar-refractivity contribution in [2.24, 2.45) is 0 Å². The van der Waals surface area contributed by atoms with Crippen molar-refractivity contribution >= 4 is 89.9 Å². The molecular weight excluding hydrogens is 593 g/mol. The Bertz CT molecular complexity index is 1720. The summed E-state index contributed by atoms with van der Waals surface area (Å²) in [6, 6.07) is 8.37. The fraction of sp³-hybridized carbons (Fsp3) is 0.182. The van der Waals surface area contributed by atoms with Crippen LogP contribution in [-0.2, 0) is 19.1 Å². The first kappa shape index (κ1) is 26.8. The van der Waals surface area contributed by atoms with E-state index in [2.05, 4.69) is 9.97 Å². The second kappa shape index (κ2) is 10.4. The Hall–Kier alpha value is -3.80. The third kappa shape index (κ3) is 5.00. The zero-order valence-electron chi connectivity index (χ0n) is 19.5. The molecule has 3 heterocycles. The van der Waals surface area contributed by atoms with E-state index in [-0.39, 0.29) is 28.6 Å². The molecule has 0 fully saturated rings. The lowest BCUT2D eigenvalue weighted by molar-refractivity contribution is -0.384. The molecule has 39 heavy (non-hydrogen) atoms. The fourth-order valence-corrected chi connectivity index (χ4v) is 8.16. The predicted octanol–water partition coefficient (Wildman–Crippen LogP) is 5.24. The van der Waals surface area contributed by atoms with Crippen LogP contribution in [-0.4, -0.2) is 54.8 Å². The SMILES string of the molecule is CCOC(=O)C1(CSc2nc3ccc([N+](=O)[O-])cc3s2)OC(=O)C(O)=C1Sc1nc2ccc([N+](=O)[O-])cc2s1. The molecule has 0 amide bonds. The third-order valence-electron chi connectivity index (χ3n) is 5.36. The summed E-state index contributed by atoms with van der Waals surface area (Å²) in [5, 5.41) is 32.9. The summed E-state index contributed by atoms with van der Waals surface area (Å²) >= 11 is 4.10. The number of aromatic nitrogens is 2. The molecule has 0 spiro atoms. The molecule has 5 rings (SSSR count). The Kier molecular flexibility index (Phi) is 7.15. The first-order valence-corrected chi connectivity index (χ1v) is 14.3. The molecular formula is C22H14N4O9S4. The number of hydrogen-bond acceptors (Lipinski definition) is 15. The molecule has 13 nitrogen and oxygen atoms in total. The number of thioether (sulfide) groups is 2. The number of esters is 2. The van der Waals surface area contributed by atoms with E-state index in [4.69, 9.17) is 9.47 Å². The Balaban J connectivity index is 1.48. The van der Waals surface area contributed by atoms with Gasteiger partial charge in [0.25, 0.3) is 17.0 Å². The molecule has 0 bridgehead atoms. The van der Waals surface area contributed by atoms with Gasteiger partial charge in [-0.25, -0.2) is 19.6 Å². The number of rotatable bonds is 9. The lowest BCUT2D eigenvalue weighted by Crippen LogP contribution is -2.44. The van der Waals surface area contributed by atoms with Crippen LogP contribution in [0.1, 0.15) is 6.92 Å². The van der Waals surface area contributed by atoms with E-state index in [1.165, 1.54) is 36.4 Å². The smallest absolute Gasteiger partial charge is 0.375 e. The Labute approximate surface area is 234 Å². The van der Waals surface area contributed by atoms with Gasteiger partial charge >= 0.3 is 11.9 Å². The largest absolute Gasteiger partial charge is 0.501 e. The molecule has 0 aliphatic carbocycles. The molecule has 0 saturated carbocycles. The molecule has 2 aromatic carbocycles. The van der Waals surface area contributed by atoms with Gasteiger partial charge in [-0.1, -0.05) is 23.5 Å².